The molecule has 6 nitrogen and oxygen atoms in total. The quantitative estimate of drug-likeness (QED) is 0.575. The van der Waals surface area contributed by atoms with Crippen LogP contribution >= 0.6 is 22.9 Å². The fraction of sp³-hybridized carbons (Fsp3) is 0.286. The Hall–Kier alpha value is -2.48. The zero-order valence-corrected chi connectivity index (χ0v) is 17.7. The third kappa shape index (κ3) is 5.53. The molecule has 0 saturated carbocycles. The van der Waals surface area contributed by atoms with Crippen molar-refractivity contribution in [3.8, 4) is 0 Å². The number of nitrogens with two attached hydrogens (primary N) is 1. The van der Waals surface area contributed by atoms with Crippen molar-refractivity contribution in [2.75, 3.05) is 0 Å². The van der Waals surface area contributed by atoms with Crippen molar-refractivity contribution < 1.29 is 4.79 Å². The van der Waals surface area contributed by atoms with Crippen molar-refractivity contribution >= 4 is 28.8 Å². The average molecular weight is 431 g/mol. The average Bonchev–Trinajstić information content (AvgIpc) is 3.22. The maximum atomic E-state index is 12.8. The van der Waals surface area contributed by atoms with Crippen LogP contribution in [0.15, 0.2) is 46.7 Å². The Bertz CT molecular complexity index is 1050. The maximum absolute atomic E-state index is 12.8. The smallest absolute Gasteiger partial charge is 0.270 e. The van der Waals surface area contributed by atoms with Gasteiger partial charge in [-0.1, -0.05) is 23.7 Å². The lowest BCUT2D eigenvalue weighted by Gasteiger charge is -2.12. The molecule has 0 fully saturated rings. The first kappa shape index (κ1) is 21.2. The lowest BCUT2D eigenvalue weighted by Crippen LogP contribution is -2.32. The number of hydrogen-bond donors (Lipinski definition) is 2. The highest BCUT2D eigenvalue weighted by molar-refractivity contribution is 7.09. The molecule has 0 aliphatic rings. The Kier molecular flexibility index (Phi) is 7.19. The molecule has 0 aliphatic carbocycles. The normalized spacial score (nSPS) is 10.9. The van der Waals surface area contributed by atoms with E-state index in [1.807, 2.05) is 23.6 Å². The first-order valence-electron chi connectivity index (χ1n) is 9.30. The first-order valence-corrected chi connectivity index (χ1v) is 10.6. The molecular weight excluding hydrogens is 408 g/mol. The van der Waals surface area contributed by atoms with Crippen molar-refractivity contribution in [2.45, 2.75) is 39.4 Å². The Morgan fingerprint density at radius 3 is 2.86 bits per heavy atom. The number of amides is 1. The van der Waals surface area contributed by atoms with Crippen LogP contribution in [0.5, 0.6) is 0 Å². The monoisotopic (exact) mass is 430 g/mol. The molecule has 2 heterocycles. The number of nitrogens with one attached hydrogen (secondary N) is 1. The third-order valence-corrected chi connectivity index (χ3v) is 5.88. The Balaban J connectivity index is 1.67. The maximum Gasteiger partial charge on any atom is 0.270 e. The second kappa shape index (κ2) is 9.82. The van der Waals surface area contributed by atoms with E-state index in [4.69, 9.17) is 17.3 Å². The summed E-state index contributed by atoms with van der Waals surface area (Å²) in [7, 11) is 0. The van der Waals surface area contributed by atoms with Gasteiger partial charge >= 0.3 is 0 Å². The number of halogens is 1. The van der Waals surface area contributed by atoms with Crippen molar-refractivity contribution in [1.29, 1.82) is 0 Å². The Labute approximate surface area is 178 Å². The molecule has 152 valence electrons. The Morgan fingerprint density at radius 1 is 1.31 bits per heavy atom. The van der Waals surface area contributed by atoms with Gasteiger partial charge in [0.2, 0.25) is 5.91 Å². The van der Waals surface area contributed by atoms with Gasteiger partial charge in [-0.25, -0.2) is 4.68 Å². The first-order chi connectivity index (χ1) is 14.0. The predicted octanol–water partition coefficient (Wildman–Crippen LogP) is 2.83. The van der Waals surface area contributed by atoms with Crippen LogP contribution in [-0.4, -0.2) is 15.7 Å². The highest BCUT2D eigenvalue weighted by atomic mass is 35.5. The van der Waals surface area contributed by atoms with Gasteiger partial charge < -0.3 is 11.1 Å². The van der Waals surface area contributed by atoms with Crippen LogP contribution in [0, 0.1) is 6.92 Å². The van der Waals surface area contributed by atoms with Crippen LogP contribution in [-0.2, 0) is 37.3 Å². The van der Waals surface area contributed by atoms with E-state index in [0.29, 0.717) is 35.8 Å². The SMILES string of the molecule is Cc1cnn(CCc2cccs2)c(=O)c1CC(=O)NCc1cc(Cl)ccc1CN. The van der Waals surface area contributed by atoms with E-state index in [1.165, 1.54) is 9.56 Å². The number of thiophene rings is 1. The van der Waals surface area contributed by atoms with Gasteiger partial charge in [0.05, 0.1) is 12.6 Å². The molecule has 0 spiro atoms. The van der Waals surface area contributed by atoms with Crippen LogP contribution < -0.4 is 16.6 Å². The summed E-state index contributed by atoms with van der Waals surface area (Å²) in [6.45, 7) is 2.95. The summed E-state index contributed by atoms with van der Waals surface area (Å²) in [5, 5.41) is 9.67. The van der Waals surface area contributed by atoms with E-state index in [9.17, 15) is 9.59 Å². The highest BCUT2D eigenvalue weighted by Crippen LogP contribution is 2.16. The molecule has 29 heavy (non-hydrogen) atoms. The fourth-order valence-electron chi connectivity index (χ4n) is 3.03. The number of carbonyl (C=O) groups is 1. The summed E-state index contributed by atoms with van der Waals surface area (Å²) in [4.78, 5) is 26.5. The summed E-state index contributed by atoms with van der Waals surface area (Å²) in [5.74, 6) is -0.232. The van der Waals surface area contributed by atoms with E-state index >= 15 is 0 Å². The predicted molar refractivity (Wildman–Crippen MR) is 116 cm³/mol. The summed E-state index contributed by atoms with van der Waals surface area (Å²) < 4.78 is 1.43. The number of nitrogens with zero attached hydrogens (tertiary/aromatic N) is 2. The number of rotatable bonds is 8. The minimum atomic E-state index is -0.232. The molecule has 1 aromatic carbocycles. The molecule has 0 atom stereocenters. The molecule has 0 aliphatic heterocycles. The lowest BCUT2D eigenvalue weighted by molar-refractivity contribution is -0.120. The van der Waals surface area contributed by atoms with E-state index < -0.39 is 0 Å². The molecule has 0 saturated heterocycles. The van der Waals surface area contributed by atoms with Crippen LogP contribution in [0.3, 0.4) is 0 Å². The van der Waals surface area contributed by atoms with Crippen LogP contribution in [0.1, 0.15) is 27.1 Å². The number of benzene rings is 1. The molecule has 3 N–H and O–H groups in total. The van der Waals surface area contributed by atoms with E-state index in [2.05, 4.69) is 10.4 Å². The summed E-state index contributed by atoms with van der Waals surface area (Å²) >= 11 is 7.69. The number of hydrogen-bond acceptors (Lipinski definition) is 5. The third-order valence-electron chi connectivity index (χ3n) is 4.71. The van der Waals surface area contributed by atoms with Gasteiger partial charge in [0.1, 0.15) is 0 Å². The number of aromatic nitrogens is 2. The summed E-state index contributed by atoms with van der Waals surface area (Å²) in [6.07, 6.45) is 2.38. The molecule has 8 heteroatoms. The molecule has 3 aromatic rings. The number of aryl methyl sites for hydroxylation is 3. The second-order valence-corrected chi connectivity index (χ2v) is 8.20. The zero-order valence-electron chi connectivity index (χ0n) is 16.2. The van der Waals surface area contributed by atoms with Gasteiger partial charge in [-0.2, -0.15) is 5.10 Å². The highest BCUT2D eigenvalue weighted by Gasteiger charge is 2.14. The van der Waals surface area contributed by atoms with Gasteiger partial charge in [-0.05, 0) is 47.2 Å². The van der Waals surface area contributed by atoms with Crippen LogP contribution in [0.2, 0.25) is 5.02 Å². The fourth-order valence-corrected chi connectivity index (χ4v) is 3.92. The van der Waals surface area contributed by atoms with Gasteiger partial charge in [0.15, 0.2) is 0 Å². The van der Waals surface area contributed by atoms with Gasteiger partial charge in [0, 0.05) is 41.5 Å². The van der Waals surface area contributed by atoms with Crippen molar-refractivity contribution in [3.63, 3.8) is 0 Å². The van der Waals surface area contributed by atoms with Gasteiger partial charge in [-0.15, -0.1) is 11.3 Å². The van der Waals surface area contributed by atoms with Crippen LogP contribution in [0.4, 0.5) is 0 Å². The second-order valence-electron chi connectivity index (χ2n) is 6.73. The van der Waals surface area contributed by atoms with E-state index in [-0.39, 0.29) is 17.9 Å². The molecule has 0 unspecified atom stereocenters. The summed E-state index contributed by atoms with van der Waals surface area (Å²) in [5.41, 5.74) is 8.49. The molecule has 2 aromatic heterocycles. The minimum absolute atomic E-state index is 0.00468. The van der Waals surface area contributed by atoms with Crippen LogP contribution in [0.25, 0.3) is 0 Å². The number of carbonyl (C=O) groups excluding carboxylic acids is 1. The molecule has 1 amide bonds. The molecule has 0 bridgehead atoms. The van der Waals surface area contributed by atoms with E-state index in [0.717, 1.165) is 17.5 Å². The standard InChI is InChI=1S/C21H23ClN4O2S/c1-14-12-25-26(7-6-18-3-2-8-29-18)21(28)19(14)10-20(27)24-13-16-9-17(22)5-4-15(16)11-23/h2-5,8-9,12H,6-7,10-11,13,23H2,1H3,(H,24,27). The molecule has 3 rings (SSSR count). The largest absolute Gasteiger partial charge is 0.352 e. The topological polar surface area (TPSA) is 90.0 Å². The van der Waals surface area contributed by atoms with E-state index in [1.54, 1.807) is 36.6 Å². The minimum Gasteiger partial charge on any atom is -0.352 e. The zero-order chi connectivity index (χ0) is 20.8. The van der Waals surface area contributed by atoms with Crippen molar-refractivity contribution in [1.82, 2.24) is 15.1 Å². The van der Waals surface area contributed by atoms with Gasteiger partial charge in [-0.3, -0.25) is 9.59 Å². The van der Waals surface area contributed by atoms with Gasteiger partial charge in [0.25, 0.3) is 5.56 Å². The lowest BCUT2D eigenvalue weighted by atomic mass is 10.1. The molecular formula is C21H23ClN4O2S. The van der Waals surface area contributed by atoms with Crippen molar-refractivity contribution in [3.05, 3.63) is 84.4 Å². The molecule has 0 radical (unpaired) electrons. The van der Waals surface area contributed by atoms with Crippen molar-refractivity contribution in [2.24, 2.45) is 5.73 Å². The summed E-state index contributed by atoms with van der Waals surface area (Å²) in [6, 6.07) is 9.43. The Morgan fingerprint density at radius 2 is 2.14 bits per heavy atom.